The minimum atomic E-state index is -3.82. The number of hydrogen-bond donors (Lipinski definition) is 2. The van der Waals surface area contributed by atoms with Crippen LogP contribution in [0.1, 0.15) is 44.0 Å². The van der Waals surface area contributed by atoms with Crippen LogP contribution in [0.25, 0.3) is 11.0 Å². The molecule has 0 radical (unpaired) electrons. The van der Waals surface area contributed by atoms with E-state index in [-0.39, 0.29) is 23.1 Å². The molecule has 3 N–H and O–H groups in total. The number of nitrogens with zero attached hydrogens (tertiary/aromatic N) is 3. The quantitative estimate of drug-likeness (QED) is 0.484. The van der Waals surface area contributed by atoms with E-state index in [0.717, 1.165) is 36.3 Å². The van der Waals surface area contributed by atoms with Crippen LogP contribution in [0.3, 0.4) is 0 Å². The SMILES string of the molecule is CCCn1c(CCC(=O)Nc2cccc(CN3CCCC3=O)c2)nc2cc(S(N)(=O)=O)ccc21. The monoisotopic (exact) mass is 483 g/mol. The fourth-order valence-corrected chi connectivity index (χ4v) is 4.82. The second kappa shape index (κ2) is 9.94. The van der Waals surface area contributed by atoms with Crippen LogP contribution in [0.15, 0.2) is 47.4 Å². The number of primary sulfonamides is 1. The Kier molecular flexibility index (Phi) is 6.99. The van der Waals surface area contributed by atoms with Crippen molar-refractivity contribution >= 4 is 38.6 Å². The number of aryl methyl sites for hydroxylation is 2. The van der Waals surface area contributed by atoms with Crippen molar-refractivity contribution in [3.05, 3.63) is 53.9 Å². The highest BCUT2D eigenvalue weighted by Gasteiger charge is 2.20. The van der Waals surface area contributed by atoms with Crippen LogP contribution in [0.2, 0.25) is 0 Å². The normalized spacial score (nSPS) is 14.2. The van der Waals surface area contributed by atoms with E-state index in [1.54, 1.807) is 6.07 Å². The van der Waals surface area contributed by atoms with Crippen LogP contribution in [-0.4, -0.2) is 41.2 Å². The maximum Gasteiger partial charge on any atom is 0.238 e. The molecule has 3 aromatic rings. The number of amides is 2. The third kappa shape index (κ3) is 5.45. The summed E-state index contributed by atoms with van der Waals surface area (Å²) in [6, 6.07) is 12.2. The zero-order valence-corrected chi connectivity index (χ0v) is 20.0. The van der Waals surface area contributed by atoms with Crippen LogP contribution in [0.4, 0.5) is 5.69 Å². The molecule has 0 aliphatic carbocycles. The van der Waals surface area contributed by atoms with Gasteiger partial charge < -0.3 is 14.8 Å². The number of benzene rings is 2. The summed E-state index contributed by atoms with van der Waals surface area (Å²) in [5, 5.41) is 8.18. The average Bonchev–Trinajstić information content (AvgIpc) is 3.35. The molecule has 1 aromatic heterocycles. The van der Waals surface area contributed by atoms with Gasteiger partial charge >= 0.3 is 0 Å². The Labute approximate surface area is 199 Å². The third-order valence-electron chi connectivity index (χ3n) is 5.91. The molecule has 1 fully saturated rings. The fraction of sp³-hybridized carbons (Fsp3) is 0.375. The summed E-state index contributed by atoms with van der Waals surface area (Å²) < 4.78 is 25.4. The van der Waals surface area contributed by atoms with E-state index in [1.165, 1.54) is 12.1 Å². The van der Waals surface area contributed by atoms with Gasteiger partial charge in [0.2, 0.25) is 21.8 Å². The molecule has 10 heteroatoms. The number of fused-ring (bicyclic) bond motifs is 1. The summed E-state index contributed by atoms with van der Waals surface area (Å²) in [7, 11) is -3.82. The highest BCUT2D eigenvalue weighted by atomic mass is 32.2. The van der Waals surface area contributed by atoms with E-state index in [9.17, 15) is 18.0 Å². The van der Waals surface area contributed by atoms with Crippen molar-refractivity contribution in [2.75, 3.05) is 11.9 Å². The molecule has 9 nitrogen and oxygen atoms in total. The molecule has 0 unspecified atom stereocenters. The number of carbonyl (C=O) groups excluding carboxylic acids is 2. The van der Waals surface area contributed by atoms with Gasteiger partial charge in [-0.2, -0.15) is 0 Å². The summed E-state index contributed by atoms with van der Waals surface area (Å²) in [5.41, 5.74) is 3.02. The number of nitrogens with one attached hydrogen (secondary N) is 1. The molecule has 180 valence electrons. The van der Waals surface area contributed by atoms with Crippen LogP contribution >= 0.6 is 0 Å². The number of rotatable bonds is 9. The lowest BCUT2D eigenvalue weighted by atomic mass is 10.2. The number of imidazole rings is 1. The topological polar surface area (TPSA) is 127 Å². The van der Waals surface area contributed by atoms with E-state index < -0.39 is 10.0 Å². The molecule has 1 saturated heterocycles. The number of likely N-dealkylation sites (tertiary alicyclic amines) is 1. The molecular formula is C24H29N5O4S. The lowest BCUT2D eigenvalue weighted by Gasteiger charge is -2.16. The molecule has 1 aliphatic heterocycles. The van der Waals surface area contributed by atoms with Crippen LogP contribution < -0.4 is 10.5 Å². The Bertz CT molecular complexity index is 1330. The second-order valence-electron chi connectivity index (χ2n) is 8.54. The fourth-order valence-electron chi connectivity index (χ4n) is 4.29. The zero-order chi connectivity index (χ0) is 24.3. The molecule has 2 amide bonds. The highest BCUT2D eigenvalue weighted by Crippen LogP contribution is 2.22. The first kappa shape index (κ1) is 23.9. The van der Waals surface area contributed by atoms with Crippen molar-refractivity contribution < 1.29 is 18.0 Å². The standard InChI is InChI=1S/C24H29N5O4S/c1-2-12-29-21-9-8-19(34(25,32)33)15-20(21)27-22(29)10-11-23(30)26-18-6-3-5-17(14-18)16-28-13-4-7-24(28)31/h3,5-6,8-9,14-15H,2,4,7,10-13,16H2,1H3,(H,26,30)(H2,25,32,33). The Balaban J connectivity index is 1.44. The Hall–Kier alpha value is -3.24. The van der Waals surface area contributed by atoms with Crippen molar-refractivity contribution in [2.24, 2.45) is 5.14 Å². The summed E-state index contributed by atoms with van der Waals surface area (Å²) in [5.74, 6) is 0.746. The van der Waals surface area contributed by atoms with Gasteiger partial charge in [0.15, 0.2) is 0 Å². The molecule has 2 aromatic carbocycles. The van der Waals surface area contributed by atoms with E-state index in [2.05, 4.69) is 10.3 Å². The van der Waals surface area contributed by atoms with Crippen molar-refractivity contribution in [1.82, 2.24) is 14.5 Å². The first-order valence-corrected chi connectivity index (χ1v) is 13.0. The molecule has 34 heavy (non-hydrogen) atoms. The average molecular weight is 484 g/mol. The van der Waals surface area contributed by atoms with E-state index in [4.69, 9.17) is 5.14 Å². The predicted molar refractivity (Wildman–Crippen MR) is 129 cm³/mol. The Morgan fingerprint density at radius 3 is 2.74 bits per heavy atom. The molecular weight excluding hydrogens is 454 g/mol. The molecule has 1 aliphatic rings. The molecule has 0 atom stereocenters. The summed E-state index contributed by atoms with van der Waals surface area (Å²) in [6.45, 7) is 4.07. The van der Waals surface area contributed by atoms with Crippen molar-refractivity contribution in [3.8, 4) is 0 Å². The maximum absolute atomic E-state index is 12.7. The number of nitrogens with two attached hydrogens (primary N) is 1. The first-order chi connectivity index (χ1) is 16.2. The van der Waals surface area contributed by atoms with E-state index in [0.29, 0.717) is 37.1 Å². The van der Waals surface area contributed by atoms with Gasteiger partial charge in [-0.3, -0.25) is 9.59 Å². The number of carbonyl (C=O) groups is 2. The van der Waals surface area contributed by atoms with Gasteiger partial charge in [0, 0.05) is 44.6 Å². The van der Waals surface area contributed by atoms with Crippen molar-refractivity contribution in [2.45, 2.75) is 57.0 Å². The minimum absolute atomic E-state index is 0.0148. The van der Waals surface area contributed by atoms with Gasteiger partial charge in [-0.25, -0.2) is 18.5 Å². The van der Waals surface area contributed by atoms with Gasteiger partial charge in [0.1, 0.15) is 5.82 Å². The first-order valence-electron chi connectivity index (χ1n) is 11.4. The summed E-state index contributed by atoms with van der Waals surface area (Å²) in [6.07, 6.45) is 3.00. The zero-order valence-electron chi connectivity index (χ0n) is 19.2. The summed E-state index contributed by atoms with van der Waals surface area (Å²) >= 11 is 0. The van der Waals surface area contributed by atoms with Crippen LogP contribution in [-0.2, 0) is 39.1 Å². The Morgan fingerprint density at radius 2 is 2.03 bits per heavy atom. The number of hydrogen-bond acceptors (Lipinski definition) is 5. The lowest BCUT2D eigenvalue weighted by Crippen LogP contribution is -2.23. The lowest BCUT2D eigenvalue weighted by molar-refractivity contribution is -0.128. The molecule has 0 bridgehead atoms. The van der Waals surface area contributed by atoms with Crippen molar-refractivity contribution in [1.29, 1.82) is 0 Å². The predicted octanol–water partition coefficient (Wildman–Crippen LogP) is 2.79. The van der Waals surface area contributed by atoms with E-state index in [1.807, 2.05) is 40.7 Å². The molecule has 0 saturated carbocycles. The molecule has 0 spiro atoms. The number of anilines is 1. The van der Waals surface area contributed by atoms with Gasteiger partial charge in [-0.1, -0.05) is 19.1 Å². The molecule has 4 rings (SSSR count). The summed E-state index contributed by atoms with van der Waals surface area (Å²) in [4.78, 5) is 31.0. The van der Waals surface area contributed by atoms with Gasteiger partial charge in [0.05, 0.1) is 15.9 Å². The third-order valence-corrected chi connectivity index (χ3v) is 6.82. The highest BCUT2D eigenvalue weighted by molar-refractivity contribution is 7.89. The van der Waals surface area contributed by atoms with Gasteiger partial charge in [0.25, 0.3) is 0 Å². The van der Waals surface area contributed by atoms with Crippen molar-refractivity contribution in [3.63, 3.8) is 0 Å². The Morgan fingerprint density at radius 1 is 1.21 bits per heavy atom. The smallest absolute Gasteiger partial charge is 0.238 e. The largest absolute Gasteiger partial charge is 0.338 e. The van der Waals surface area contributed by atoms with Crippen LogP contribution in [0, 0.1) is 0 Å². The second-order valence-corrected chi connectivity index (χ2v) is 10.1. The number of aromatic nitrogens is 2. The van der Waals surface area contributed by atoms with Gasteiger partial charge in [-0.15, -0.1) is 0 Å². The number of sulfonamides is 1. The minimum Gasteiger partial charge on any atom is -0.338 e. The molecule has 2 heterocycles. The van der Waals surface area contributed by atoms with Gasteiger partial charge in [-0.05, 0) is 48.7 Å². The van der Waals surface area contributed by atoms with E-state index >= 15 is 0 Å². The maximum atomic E-state index is 12.7. The van der Waals surface area contributed by atoms with Crippen LogP contribution in [0.5, 0.6) is 0 Å².